The van der Waals surface area contributed by atoms with E-state index in [1.54, 1.807) is 0 Å². The first-order chi connectivity index (χ1) is 10.3. The van der Waals surface area contributed by atoms with Crippen molar-refractivity contribution in [1.29, 1.82) is 0 Å². The van der Waals surface area contributed by atoms with Crippen LogP contribution in [0.2, 0.25) is 5.02 Å². The van der Waals surface area contributed by atoms with E-state index in [0.29, 0.717) is 13.2 Å². The number of benzene rings is 2. The molecule has 0 aromatic heterocycles. The van der Waals surface area contributed by atoms with Crippen LogP contribution in [0, 0.1) is 0 Å². The summed E-state index contributed by atoms with van der Waals surface area (Å²) in [5.41, 5.74) is 2.18. The van der Waals surface area contributed by atoms with Crippen LogP contribution in [-0.4, -0.2) is 13.2 Å². The van der Waals surface area contributed by atoms with Crippen molar-refractivity contribution in [2.45, 2.75) is 13.5 Å². The lowest BCUT2D eigenvalue weighted by Crippen LogP contribution is -2.13. The molecule has 1 N–H and O–H groups in total. The summed E-state index contributed by atoms with van der Waals surface area (Å²) in [7, 11) is 0. The third-order valence-electron chi connectivity index (χ3n) is 3.07. The van der Waals surface area contributed by atoms with Gasteiger partial charge in [-0.1, -0.05) is 61.0 Å². The Morgan fingerprint density at radius 2 is 1.90 bits per heavy atom. The Kier molecular flexibility index (Phi) is 6.32. The maximum Gasteiger partial charge on any atom is 0.125 e. The minimum atomic E-state index is 0.522. The van der Waals surface area contributed by atoms with Gasteiger partial charge in [0, 0.05) is 17.1 Å². The summed E-state index contributed by atoms with van der Waals surface area (Å²) in [4.78, 5) is 0. The first kappa shape index (κ1) is 15.6. The molecule has 2 rings (SSSR count). The highest BCUT2D eigenvalue weighted by atomic mass is 35.5. The first-order valence-corrected chi connectivity index (χ1v) is 7.51. The minimum absolute atomic E-state index is 0.522. The van der Waals surface area contributed by atoms with Gasteiger partial charge in [-0.05, 0) is 30.3 Å². The van der Waals surface area contributed by atoms with Crippen molar-refractivity contribution in [2.24, 2.45) is 0 Å². The Hall–Kier alpha value is -1.77. The Morgan fingerprint density at radius 1 is 1.10 bits per heavy atom. The molecule has 0 aliphatic rings. The molecule has 0 heterocycles. The molecule has 2 aromatic rings. The van der Waals surface area contributed by atoms with Crippen LogP contribution < -0.4 is 10.1 Å². The topological polar surface area (TPSA) is 21.3 Å². The van der Waals surface area contributed by atoms with E-state index < -0.39 is 0 Å². The number of nitrogens with one attached hydrogen (secondary N) is 1. The van der Waals surface area contributed by atoms with Gasteiger partial charge in [-0.3, -0.25) is 0 Å². The molecular weight excluding hydrogens is 282 g/mol. The molecule has 0 spiro atoms. The van der Waals surface area contributed by atoms with Crippen molar-refractivity contribution in [1.82, 2.24) is 5.32 Å². The van der Waals surface area contributed by atoms with Gasteiger partial charge in [-0.15, -0.1) is 0 Å². The molecular formula is C18H20ClNO. The van der Waals surface area contributed by atoms with E-state index in [0.717, 1.165) is 22.9 Å². The fraction of sp³-hybridized carbons (Fsp3) is 0.222. The van der Waals surface area contributed by atoms with Crippen LogP contribution in [0.25, 0.3) is 6.08 Å². The van der Waals surface area contributed by atoms with Crippen molar-refractivity contribution >= 4 is 17.7 Å². The molecule has 2 aromatic carbocycles. The molecule has 0 bridgehead atoms. The van der Waals surface area contributed by atoms with Crippen LogP contribution in [0.15, 0.2) is 54.6 Å². The first-order valence-electron chi connectivity index (χ1n) is 7.13. The summed E-state index contributed by atoms with van der Waals surface area (Å²) in [5, 5.41) is 4.02. The number of halogens is 1. The quantitative estimate of drug-likeness (QED) is 0.810. The molecule has 0 saturated carbocycles. The maximum atomic E-state index is 6.24. The Balaban J connectivity index is 1.96. The van der Waals surface area contributed by atoms with Crippen molar-refractivity contribution in [3.05, 3.63) is 70.8 Å². The van der Waals surface area contributed by atoms with E-state index in [9.17, 15) is 0 Å². The smallest absolute Gasteiger partial charge is 0.125 e. The van der Waals surface area contributed by atoms with Crippen LogP contribution in [0.1, 0.15) is 18.1 Å². The zero-order valence-corrected chi connectivity index (χ0v) is 12.9. The Morgan fingerprint density at radius 3 is 2.67 bits per heavy atom. The standard InChI is InChI=1S/C18H20ClNO/c1-2-20-14-16-17(19)11-6-12-18(16)21-13-7-10-15-8-4-3-5-9-15/h3-12,20H,2,13-14H2,1H3/b10-7+. The van der Waals surface area contributed by atoms with E-state index in [1.165, 1.54) is 5.56 Å². The van der Waals surface area contributed by atoms with Gasteiger partial charge in [0.1, 0.15) is 12.4 Å². The Bertz CT molecular complexity index is 581. The summed E-state index contributed by atoms with van der Waals surface area (Å²) in [6.45, 7) is 4.21. The molecule has 0 atom stereocenters. The SMILES string of the molecule is CCNCc1c(Cl)cccc1OC/C=C/c1ccccc1. The second kappa shape index (κ2) is 8.50. The lowest BCUT2D eigenvalue weighted by atomic mass is 10.2. The van der Waals surface area contributed by atoms with Crippen molar-refractivity contribution in [3.8, 4) is 5.75 Å². The van der Waals surface area contributed by atoms with Crippen LogP contribution in [0.5, 0.6) is 5.75 Å². The van der Waals surface area contributed by atoms with E-state index in [-0.39, 0.29) is 0 Å². The van der Waals surface area contributed by atoms with Gasteiger partial charge in [-0.25, -0.2) is 0 Å². The van der Waals surface area contributed by atoms with Gasteiger partial charge in [0.05, 0.1) is 0 Å². The second-order valence-corrected chi connectivity index (χ2v) is 5.03. The van der Waals surface area contributed by atoms with E-state index >= 15 is 0 Å². The molecule has 110 valence electrons. The molecule has 21 heavy (non-hydrogen) atoms. The third-order valence-corrected chi connectivity index (χ3v) is 3.43. The lowest BCUT2D eigenvalue weighted by Gasteiger charge is -2.12. The normalized spacial score (nSPS) is 11.0. The highest BCUT2D eigenvalue weighted by Crippen LogP contribution is 2.26. The van der Waals surface area contributed by atoms with Gasteiger partial charge in [0.25, 0.3) is 0 Å². The molecule has 0 aliphatic heterocycles. The predicted octanol–water partition coefficient (Wildman–Crippen LogP) is 4.54. The molecule has 0 unspecified atom stereocenters. The second-order valence-electron chi connectivity index (χ2n) is 4.62. The van der Waals surface area contributed by atoms with Crippen LogP contribution >= 0.6 is 11.6 Å². The highest BCUT2D eigenvalue weighted by molar-refractivity contribution is 6.31. The zero-order valence-electron chi connectivity index (χ0n) is 12.2. The molecule has 0 fully saturated rings. The van der Waals surface area contributed by atoms with Gasteiger partial charge >= 0.3 is 0 Å². The Labute approximate surface area is 131 Å². The molecule has 3 heteroatoms. The fourth-order valence-electron chi connectivity index (χ4n) is 1.98. The average molecular weight is 302 g/mol. The van der Waals surface area contributed by atoms with Crippen LogP contribution in [0.3, 0.4) is 0 Å². The zero-order chi connectivity index (χ0) is 14.9. The highest BCUT2D eigenvalue weighted by Gasteiger charge is 2.06. The maximum absolute atomic E-state index is 6.24. The molecule has 0 radical (unpaired) electrons. The third kappa shape index (κ3) is 4.92. The van der Waals surface area contributed by atoms with Crippen LogP contribution in [0.4, 0.5) is 0 Å². The summed E-state index contributed by atoms with van der Waals surface area (Å²) < 4.78 is 5.83. The van der Waals surface area contributed by atoms with E-state index in [4.69, 9.17) is 16.3 Å². The van der Waals surface area contributed by atoms with Crippen molar-refractivity contribution < 1.29 is 4.74 Å². The summed E-state index contributed by atoms with van der Waals surface area (Å²) in [6, 6.07) is 15.9. The number of ether oxygens (including phenoxy) is 1. The largest absolute Gasteiger partial charge is 0.489 e. The predicted molar refractivity (Wildman–Crippen MR) is 89.8 cm³/mol. The van der Waals surface area contributed by atoms with E-state index in [2.05, 4.69) is 30.4 Å². The fourth-order valence-corrected chi connectivity index (χ4v) is 2.21. The van der Waals surface area contributed by atoms with E-state index in [1.807, 2.05) is 42.5 Å². The minimum Gasteiger partial charge on any atom is -0.489 e. The summed E-state index contributed by atoms with van der Waals surface area (Å²) in [6.07, 6.45) is 4.06. The lowest BCUT2D eigenvalue weighted by molar-refractivity contribution is 0.358. The van der Waals surface area contributed by atoms with Gasteiger partial charge in [0.2, 0.25) is 0 Å². The van der Waals surface area contributed by atoms with Gasteiger partial charge < -0.3 is 10.1 Å². The molecule has 2 nitrogen and oxygen atoms in total. The molecule has 0 saturated heterocycles. The molecule has 0 amide bonds. The molecule has 0 aliphatic carbocycles. The van der Waals surface area contributed by atoms with Crippen LogP contribution in [-0.2, 0) is 6.54 Å². The summed E-state index contributed by atoms with van der Waals surface area (Å²) >= 11 is 6.24. The van der Waals surface area contributed by atoms with Gasteiger partial charge in [0.15, 0.2) is 0 Å². The average Bonchev–Trinajstić information content (AvgIpc) is 2.52. The number of hydrogen-bond donors (Lipinski definition) is 1. The monoisotopic (exact) mass is 301 g/mol. The van der Waals surface area contributed by atoms with Gasteiger partial charge in [-0.2, -0.15) is 0 Å². The summed E-state index contributed by atoms with van der Waals surface area (Å²) in [5.74, 6) is 0.834. The van der Waals surface area contributed by atoms with Crippen molar-refractivity contribution in [3.63, 3.8) is 0 Å². The van der Waals surface area contributed by atoms with Crippen molar-refractivity contribution in [2.75, 3.05) is 13.2 Å². The number of hydrogen-bond acceptors (Lipinski definition) is 2. The number of rotatable bonds is 7.